The molecule has 2 N–H and O–H groups in total. The summed E-state index contributed by atoms with van der Waals surface area (Å²) in [5.74, 6) is 0.215. The van der Waals surface area contributed by atoms with E-state index in [4.69, 9.17) is 15.1 Å². The van der Waals surface area contributed by atoms with Gasteiger partial charge in [0, 0.05) is 0 Å². The third-order valence-corrected chi connectivity index (χ3v) is 2.52. The molecule has 0 bridgehead atoms. The number of aliphatic hydroxyl groups is 1. The molecule has 1 atom stereocenters. The second kappa shape index (κ2) is 6.21. The zero-order valence-corrected chi connectivity index (χ0v) is 11.3. The summed E-state index contributed by atoms with van der Waals surface area (Å²) in [6, 6.07) is 8.53. The topological polar surface area (TPSA) is 82.3 Å². The van der Waals surface area contributed by atoms with Crippen LogP contribution in [-0.4, -0.2) is 29.3 Å². The van der Waals surface area contributed by atoms with Crippen LogP contribution in [0.15, 0.2) is 24.3 Å². The smallest absolute Gasteiger partial charge is 0.261 e. The first-order valence-electron chi connectivity index (χ1n) is 5.97. The summed E-state index contributed by atoms with van der Waals surface area (Å²) in [6.07, 6.45) is -0.682. The zero-order valence-electron chi connectivity index (χ0n) is 11.3. The predicted octanol–water partition coefficient (Wildman–Crippen LogP) is 1.21. The van der Waals surface area contributed by atoms with Crippen LogP contribution in [0, 0.1) is 11.3 Å². The van der Waals surface area contributed by atoms with Gasteiger partial charge in [0.1, 0.15) is 5.75 Å². The van der Waals surface area contributed by atoms with E-state index in [0.29, 0.717) is 11.3 Å². The predicted molar refractivity (Wildman–Crippen MR) is 70.6 cm³/mol. The summed E-state index contributed by atoms with van der Waals surface area (Å²) in [5.41, 5.74) is -0.148. The van der Waals surface area contributed by atoms with E-state index in [-0.39, 0.29) is 12.5 Å². The Morgan fingerprint density at radius 3 is 2.53 bits per heavy atom. The average molecular weight is 262 g/mol. The van der Waals surface area contributed by atoms with Gasteiger partial charge in [-0.05, 0) is 45.0 Å². The van der Waals surface area contributed by atoms with Crippen molar-refractivity contribution in [3.8, 4) is 11.8 Å². The van der Waals surface area contributed by atoms with Crippen LogP contribution in [0.2, 0.25) is 0 Å². The van der Waals surface area contributed by atoms with Gasteiger partial charge in [-0.1, -0.05) is 0 Å². The van der Waals surface area contributed by atoms with Crippen LogP contribution >= 0.6 is 0 Å². The highest BCUT2D eigenvalue weighted by Crippen LogP contribution is 2.14. The number of amides is 1. The van der Waals surface area contributed by atoms with E-state index in [1.54, 1.807) is 45.0 Å². The minimum Gasteiger partial charge on any atom is -0.481 e. The van der Waals surface area contributed by atoms with Gasteiger partial charge in [0.15, 0.2) is 6.10 Å². The fraction of sp³-hybridized carbons (Fsp3) is 0.429. The number of ether oxygens (including phenoxy) is 1. The van der Waals surface area contributed by atoms with Crippen LogP contribution < -0.4 is 10.1 Å². The number of hydrogen-bond donors (Lipinski definition) is 2. The molecule has 0 spiro atoms. The van der Waals surface area contributed by atoms with E-state index in [9.17, 15) is 4.79 Å². The summed E-state index contributed by atoms with van der Waals surface area (Å²) in [7, 11) is 0. The molecule has 1 rings (SSSR count). The van der Waals surface area contributed by atoms with Gasteiger partial charge in [-0.15, -0.1) is 0 Å². The molecule has 0 aromatic heterocycles. The van der Waals surface area contributed by atoms with Crippen LogP contribution in [0.3, 0.4) is 0 Å². The number of benzene rings is 1. The lowest BCUT2D eigenvalue weighted by atomic mass is 10.1. The lowest BCUT2D eigenvalue weighted by Gasteiger charge is -2.25. The summed E-state index contributed by atoms with van der Waals surface area (Å²) in [5, 5.41) is 20.4. The molecule has 0 heterocycles. The minimum atomic E-state index is -0.682. The second-order valence-electron chi connectivity index (χ2n) is 4.93. The highest BCUT2D eigenvalue weighted by atomic mass is 16.5. The number of hydrogen-bond acceptors (Lipinski definition) is 4. The van der Waals surface area contributed by atoms with E-state index in [1.165, 1.54) is 0 Å². The Morgan fingerprint density at radius 2 is 2.05 bits per heavy atom. The molecule has 0 aliphatic carbocycles. The molecular weight excluding hydrogens is 244 g/mol. The van der Waals surface area contributed by atoms with Crippen molar-refractivity contribution < 1.29 is 14.6 Å². The molecule has 0 saturated heterocycles. The van der Waals surface area contributed by atoms with Gasteiger partial charge in [0.2, 0.25) is 0 Å². The molecule has 0 aliphatic rings. The normalized spacial score (nSPS) is 12.4. The number of nitrogens with one attached hydrogen (secondary N) is 1. The van der Waals surface area contributed by atoms with Crippen molar-refractivity contribution in [1.29, 1.82) is 5.26 Å². The van der Waals surface area contributed by atoms with Crippen molar-refractivity contribution >= 4 is 5.91 Å². The second-order valence-corrected chi connectivity index (χ2v) is 4.93. The van der Waals surface area contributed by atoms with Crippen LogP contribution in [0.25, 0.3) is 0 Å². The van der Waals surface area contributed by atoms with Gasteiger partial charge < -0.3 is 15.2 Å². The first-order valence-corrected chi connectivity index (χ1v) is 5.97. The molecule has 0 radical (unpaired) electrons. The summed E-state index contributed by atoms with van der Waals surface area (Å²) < 4.78 is 5.46. The van der Waals surface area contributed by atoms with Gasteiger partial charge in [-0.2, -0.15) is 5.26 Å². The van der Waals surface area contributed by atoms with Crippen molar-refractivity contribution in [2.24, 2.45) is 0 Å². The van der Waals surface area contributed by atoms with E-state index in [2.05, 4.69) is 5.32 Å². The lowest BCUT2D eigenvalue weighted by Crippen LogP contribution is -2.50. The monoisotopic (exact) mass is 262 g/mol. The van der Waals surface area contributed by atoms with E-state index < -0.39 is 11.6 Å². The maximum Gasteiger partial charge on any atom is 0.261 e. The van der Waals surface area contributed by atoms with Crippen LogP contribution in [0.1, 0.15) is 26.3 Å². The zero-order chi connectivity index (χ0) is 14.5. The van der Waals surface area contributed by atoms with Gasteiger partial charge in [-0.3, -0.25) is 4.79 Å². The molecule has 5 nitrogen and oxygen atoms in total. The maximum atomic E-state index is 11.8. The number of carbonyl (C=O) groups excluding carboxylic acids is 1. The standard InChI is InChI=1S/C14H18N2O3/c1-10(13(18)16-14(2,3)9-17)19-12-6-4-11(8-15)5-7-12/h4-7,10,17H,9H2,1-3H3,(H,16,18). The molecule has 102 valence electrons. The molecule has 1 aromatic rings. The molecule has 0 saturated carbocycles. The van der Waals surface area contributed by atoms with Crippen molar-refractivity contribution in [3.63, 3.8) is 0 Å². The molecule has 19 heavy (non-hydrogen) atoms. The van der Waals surface area contributed by atoms with Gasteiger partial charge in [-0.25, -0.2) is 0 Å². The summed E-state index contributed by atoms with van der Waals surface area (Å²) in [4.78, 5) is 11.8. The first-order chi connectivity index (χ1) is 8.88. The summed E-state index contributed by atoms with van der Waals surface area (Å²) in [6.45, 7) is 4.92. The van der Waals surface area contributed by atoms with Crippen LogP contribution in [0.5, 0.6) is 5.75 Å². The molecule has 0 fully saturated rings. The van der Waals surface area contributed by atoms with Crippen molar-refractivity contribution in [2.75, 3.05) is 6.61 Å². The van der Waals surface area contributed by atoms with Crippen LogP contribution in [-0.2, 0) is 4.79 Å². The fourth-order valence-electron chi connectivity index (χ4n) is 1.34. The highest BCUT2D eigenvalue weighted by Gasteiger charge is 2.23. The van der Waals surface area contributed by atoms with Crippen molar-refractivity contribution in [3.05, 3.63) is 29.8 Å². The number of carbonyl (C=O) groups is 1. The number of rotatable bonds is 5. The number of nitriles is 1. The Kier molecular flexibility index (Phi) is 4.90. The Bertz CT molecular complexity index is 474. The molecule has 1 amide bonds. The Hall–Kier alpha value is -2.06. The Labute approximate surface area is 112 Å². The van der Waals surface area contributed by atoms with Crippen molar-refractivity contribution in [2.45, 2.75) is 32.4 Å². The molecular formula is C14H18N2O3. The maximum absolute atomic E-state index is 11.8. The molecule has 0 aliphatic heterocycles. The average Bonchev–Trinajstić information content (AvgIpc) is 2.39. The van der Waals surface area contributed by atoms with Crippen LogP contribution in [0.4, 0.5) is 0 Å². The van der Waals surface area contributed by atoms with Gasteiger partial charge >= 0.3 is 0 Å². The Balaban J connectivity index is 2.61. The molecule has 5 heteroatoms. The number of nitrogens with zero attached hydrogens (tertiary/aromatic N) is 1. The van der Waals surface area contributed by atoms with E-state index in [1.807, 2.05) is 6.07 Å². The SMILES string of the molecule is CC(Oc1ccc(C#N)cc1)C(=O)NC(C)(C)CO. The quantitative estimate of drug-likeness (QED) is 0.835. The molecule has 1 aromatic carbocycles. The third-order valence-electron chi connectivity index (χ3n) is 2.52. The highest BCUT2D eigenvalue weighted by molar-refractivity contribution is 5.81. The van der Waals surface area contributed by atoms with Gasteiger partial charge in [0.25, 0.3) is 5.91 Å². The summed E-state index contributed by atoms with van der Waals surface area (Å²) >= 11 is 0. The largest absolute Gasteiger partial charge is 0.481 e. The first kappa shape index (κ1) is 15.0. The van der Waals surface area contributed by atoms with E-state index in [0.717, 1.165) is 0 Å². The lowest BCUT2D eigenvalue weighted by molar-refractivity contribution is -0.129. The number of aliphatic hydroxyl groups excluding tert-OH is 1. The van der Waals surface area contributed by atoms with Crippen molar-refractivity contribution in [1.82, 2.24) is 5.32 Å². The fourth-order valence-corrected chi connectivity index (χ4v) is 1.34. The Morgan fingerprint density at radius 1 is 1.47 bits per heavy atom. The minimum absolute atomic E-state index is 0.150. The third kappa shape index (κ3) is 4.60. The van der Waals surface area contributed by atoms with Gasteiger partial charge in [0.05, 0.1) is 23.8 Å². The van der Waals surface area contributed by atoms with E-state index >= 15 is 0 Å². The molecule has 1 unspecified atom stereocenters.